The van der Waals surface area contributed by atoms with Gasteiger partial charge in [-0.25, -0.2) is 0 Å². The van der Waals surface area contributed by atoms with Crippen molar-refractivity contribution in [2.75, 3.05) is 53.0 Å². The van der Waals surface area contributed by atoms with E-state index in [1.165, 1.54) is 6.42 Å². The molecule has 0 bridgehead atoms. The molecule has 0 aliphatic carbocycles. The smallest absolute Gasteiger partial charge is 0.193 e. The molecule has 1 atom stereocenters. The summed E-state index contributed by atoms with van der Waals surface area (Å²) in [5.74, 6) is 0.957. The predicted octanol–water partition coefficient (Wildman–Crippen LogP) is 3.14. The third-order valence-electron chi connectivity index (χ3n) is 4.96. The van der Waals surface area contributed by atoms with Crippen LogP contribution >= 0.6 is 47.2 Å². The molecule has 0 spiro atoms. The van der Waals surface area contributed by atoms with Crippen molar-refractivity contribution < 1.29 is 4.74 Å². The van der Waals surface area contributed by atoms with Crippen molar-refractivity contribution in [1.82, 2.24) is 15.1 Å². The lowest BCUT2D eigenvalue weighted by Gasteiger charge is -2.32. The number of nitrogens with one attached hydrogen (secondary N) is 1. The number of benzene rings is 1. The second-order valence-corrected chi connectivity index (χ2v) is 7.28. The van der Waals surface area contributed by atoms with Gasteiger partial charge in [0.25, 0.3) is 0 Å². The summed E-state index contributed by atoms with van der Waals surface area (Å²) in [6, 6.07) is 6.23. The maximum Gasteiger partial charge on any atom is 0.193 e. The highest BCUT2D eigenvalue weighted by atomic mass is 127. The van der Waals surface area contributed by atoms with Gasteiger partial charge in [0.2, 0.25) is 0 Å². The van der Waals surface area contributed by atoms with E-state index in [0.717, 1.165) is 73.9 Å². The molecule has 1 aromatic rings. The largest absolute Gasteiger partial charge is 0.379 e. The quantitative estimate of drug-likeness (QED) is 0.382. The zero-order chi connectivity index (χ0) is 17.6. The Morgan fingerprint density at radius 2 is 1.92 bits per heavy atom. The van der Waals surface area contributed by atoms with Crippen molar-refractivity contribution in [2.24, 2.45) is 4.99 Å². The van der Waals surface area contributed by atoms with Crippen LogP contribution in [0.25, 0.3) is 0 Å². The first kappa shape index (κ1) is 22.0. The van der Waals surface area contributed by atoms with Crippen LogP contribution in [0.2, 0.25) is 10.0 Å². The van der Waals surface area contributed by atoms with Crippen molar-refractivity contribution in [3.05, 3.63) is 33.8 Å². The van der Waals surface area contributed by atoms with Gasteiger partial charge in [-0.3, -0.25) is 9.89 Å². The lowest BCUT2D eigenvalue weighted by molar-refractivity contribution is 0.0195. The number of nitrogens with zero attached hydrogens (tertiary/aromatic N) is 3. The Kier molecular flexibility index (Phi) is 9.23. The molecule has 0 saturated carbocycles. The highest BCUT2D eigenvalue weighted by Gasteiger charge is 2.30. The van der Waals surface area contributed by atoms with E-state index in [1.54, 1.807) is 0 Å². The number of morpholine rings is 1. The molecule has 0 amide bonds. The highest BCUT2D eigenvalue weighted by Crippen LogP contribution is 2.24. The van der Waals surface area contributed by atoms with E-state index >= 15 is 0 Å². The molecule has 3 rings (SSSR count). The summed E-state index contributed by atoms with van der Waals surface area (Å²) in [7, 11) is 1.84. The van der Waals surface area contributed by atoms with Gasteiger partial charge in [-0.15, -0.1) is 24.0 Å². The van der Waals surface area contributed by atoms with Gasteiger partial charge in [-0.1, -0.05) is 29.3 Å². The van der Waals surface area contributed by atoms with Gasteiger partial charge in [0.05, 0.1) is 13.2 Å². The summed E-state index contributed by atoms with van der Waals surface area (Å²) in [5, 5.41) is 4.89. The Balaban J connectivity index is 0.00000243. The number of likely N-dealkylation sites (tertiary alicyclic amines) is 1. The zero-order valence-corrected chi connectivity index (χ0v) is 18.9. The minimum Gasteiger partial charge on any atom is -0.379 e. The number of rotatable bonds is 4. The summed E-state index contributed by atoms with van der Waals surface area (Å²) in [6.45, 7) is 6.59. The topological polar surface area (TPSA) is 40.1 Å². The maximum atomic E-state index is 6.24. The van der Waals surface area contributed by atoms with Crippen LogP contribution in [0.1, 0.15) is 12.0 Å². The standard InChI is InChI=1S/C18H26Cl2N4O.HI/c1-21-18(22-7-5-15-16(19)3-2-4-17(15)20)24-8-6-14(13-24)23-9-11-25-12-10-23;/h2-4,14H,5-13H2,1H3,(H,21,22);1H. The summed E-state index contributed by atoms with van der Waals surface area (Å²) >= 11 is 12.5. The first-order chi connectivity index (χ1) is 12.2. The summed E-state index contributed by atoms with van der Waals surface area (Å²) in [6.07, 6.45) is 1.95. The van der Waals surface area contributed by atoms with E-state index in [9.17, 15) is 0 Å². The molecule has 2 fully saturated rings. The fourth-order valence-corrected chi connectivity index (χ4v) is 4.16. The summed E-state index contributed by atoms with van der Waals surface area (Å²) in [4.78, 5) is 9.33. The first-order valence-corrected chi connectivity index (χ1v) is 9.65. The SMILES string of the molecule is CN=C(NCCc1c(Cl)cccc1Cl)N1CCC(N2CCOCC2)C1.I. The van der Waals surface area contributed by atoms with Crippen molar-refractivity contribution in [3.63, 3.8) is 0 Å². The molecule has 0 radical (unpaired) electrons. The van der Waals surface area contributed by atoms with Crippen molar-refractivity contribution in [2.45, 2.75) is 18.9 Å². The minimum absolute atomic E-state index is 0. The fraction of sp³-hybridized carbons (Fsp3) is 0.611. The molecule has 2 aliphatic rings. The molecule has 146 valence electrons. The van der Waals surface area contributed by atoms with Crippen LogP contribution in [0, 0.1) is 0 Å². The van der Waals surface area contributed by atoms with E-state index in [0.29, 0.717) is 6.04 Å². The minimum atomic E-state index is 0. The van der Waals surface area contributed by atoms with Gasteiger partial charge in [-0.05, 0) is 30.5 Å². The Bertz CT molecular complexity index is 591. The van der Waals surface area contributed by atoms with Gasteiger partial charge in [0.15, 0.2) is 5.96 Å². The van der Waals surface area contributed by atoms with Crippen LogP contribution in [0.5, 0.6) is 0 Å². The van der Waals surface area contributed by atoms with Crippen LogP contribution in [0.4, 0.5) is 0 Å². The molecule has 0 aromatic heterocycles. The van der Waals surface area contributed by atoms with Crippen molar-refractivity contribution >= 4 is 53.1 Å². The molecule has 2 aliphatic heterocycles. The number of aliphatic imine (C=N–C) groups is 1. The molecule has 26 heavy (non-hydrogen) atoms. The van der Waals surface area contributed by atoms with E-state index in [-0.39, 0.29) is 24.0 Å². The molecule has 1 unspecified atom stereocenters. The number of halogens is 3. The normalized spacial score (nSPS) is 21.6. The Hall–Kier alpha value is -0.280. The maximum absolute atomic E-state index is 6.24. The molecule has 5 nitrogen and oxygen atoms in total. The predicted molar refractivity (Wildman–Crippen MR) is 119 cm³/mol. The fourth-order valence-electron chi connectivity index (χ4n) is 3.58. The van der Waals surface area contributed by atoms with Gasteiger partial charge >= 0.3 is 0 Å². The highest BCUT2D eigenvalue weighted by molar-refractivity contribution is 14.0. The number of hydrogen-bond donors (Lipinski definition) is 1. The van der Waals surface area contributed by atoms with Crippen LogP contribution in [-0.2, 0) is 11.2 Å². The van der Waals surface area contributed by atoms with Gasteiger partial charge in [-0.2, -0.15) is 0 Å². The molecular formula is C18H27Cl2IN4O. The van der Waals surface area contributed by atoms with Gasteiger partial charge < -0.3 is 15.0 Å². The van der Waals surface area contributed by atoms with Crippen molar-refractivity contribution in [3.8, 4) is 0 Å². The van der Waals surface area contributed by atoms with E-state index in [4.69, 9.17) is 27.9 Å². The summed E-state index contributed by atoms with van der Waals surface area (Å²) < 4.78 is 5.46. The lowest BCUT2D eigenvalue weighted by Crippen LogP contribution is -2.46. The molecule has 2 heterocycles. The van der Waals surface area contributed by atoms with E-state index in [2.05, 4.69) is 20.1 Å². The average Bonchev–Trinajstić information content (AvgIpc) is 3.11. The number of ether oxygens (including phenoxy) is 1. The Morgan fingerprint density at radius 1 is 1.23 bits per heavy atom. The molecule has 8 heteroatoms. The number of guanidine groups is 1. The molecule has 1 aromatic carbocycles. The van der Waals surface area contributed by atoms with E-state index < -0.39 is 0 Å². The summed E-state index contributed by atoms with van der Waals surface area (Å²) in [5.41, 5.74) is 0.987. The van der Waals surface area contributed by atoms with Gasteiger partial charge in [0.1, 0.15) is 0 Å². The lowest BCUT2D eigenvalue weighted by atomic mass is 10.1. The monoisotopic (exact) mass is 512 g/mol. The van der Waals surface area contributed by atoms with E-state index in [1.807, 2.05) is 25.2 Å². The number of hydrogen-bond acceptors (Lipinski definition) is 3. The van der Waals surface area contributed by atoms with Crippen LogP contribution in [0.15, 0.2) is 23.2 Å². The van der Waals surface area contributed by atoms with Crippen LogP contribution in [-0.4, -0.2) is 74.8 Å². The Morgan fingerprint density at radius 3 is 2.58 bits per heavy atom. The first-order valence-electron chi connectivity index (χ1n) is 8.89. The zero-order valence-electron chi connectivity index (χ0n) is 15.1. The third-order valence-corrected chi connectivity index (χ3v) is 5.66. The average molecular weight is 513 g/mol. The Labute approximate surface area is 183 Å². The van der Waals surface area contributed by atoms with Gasteiger partial charge in [0, 0.05) is 55.9 Å². The van der Waals surface area contributed by atoms with Crippen LogP contribution < -0.4 is 5.32 Å². The molecular weight excluding hydrogens is 486 g/mol. The second kappa shape index (κ2) is 10.9. The molecule has 1 N–H and O–H groups in total. The van der Waals surface area contributed by atoms with Crippen LogP contribution in [0.3, 0.4) is 0 Å². The second-order valence-electron chi connectivity index (χ2n) is 6.46. The van der Waals surface area contributed by atoms with Crippen molar-refractivity contribution in [1.29, 1.82) is 0 Å². The third kappa shape index (κ3) is 5.61. The molecule has 2 saturated heterocycles.